The van der Waals surface area contributed by atoms with E-state index < -0.39 is 12.7 Å². The summed E-state index contributed by atoms with van der Waals surface area (Å²) in [5.74, 6) is 1.07. The van der Waals surface area contributed by atoms with Crippen LogP contribution in [0, 0.1) is 6.92 Å². The Balaban J connectivity index is 2.85. The molecule has 0 fully saturated rings. The van der Waals surface area contributed by atoms with Crippen LogP contribution in [0.3, 0.4) is 0 Å². The second kappa shape index (κ2) is 7.59. The van der Waals surface area contributed by atoms with Crippen molar-refractivity contribution in [3.63, 3.8) is 0 Å². The third-order valence-corrected chi connectivity index (χ3v) is 2.91. The van der Waals surface area contributed by atoms with E-state index in [1.54, 1.807) is 19.9 Å². The van der Waals surface area contributed by atoms with Crippen molar-refractivity contribution in [2.45, 2.75) is 52.9 Å². The van der Waals surface area contributed by atoms with Crippen LogP contribution in [0.15, 0.2) is 6.07 Å². The quantitative estimate of drug-likeness (QED) is 0.838. The number of aryl methyl sites for hydroxylation is 1. The first-order chi connectivity index (χ1) is 9.71. The van der Waals surface area contributed by atoms with Crippen molar-refractivity contribution in [2.24, 2.45) is 0 Å². The molecule has 0 aliphatic carbocycles. The van der Waals surface area contributed by atoms with E-state index >= 15 is 0 Å². The zero-order chi connectivity index (χ0) is 16.0. The second-order valence-corrected chi connectivity index (χ2v) is 5.35. The summed E-state index contributed by atoms with van der Waals surface area (Å²) in [4.78, 5) is 9.84. The zero-order valence-corrected chi connectivity index (χ0v) is 13.0. The van der Waals surface area contributed by atoms with Gasteiger partial charge >= 0.3 is 6.18 Å². The second-order valence-electron chi connectivity index (χ2n) is 5.35. The van der Waals surface area contributed by atoms with Crippen LogP contribution in [0.25, 0.3) is 0 Å². The Kier molecular flexibility index (Phi) is 6.39. The minimum atomic E-state index is -4.22. The Morgan fingerprint density at radius 3 is 2.48 bits per heavy atom. The lowest BCUT2D eigenvalue weighted by molar-refractivity contribution is -0.151. The number of rotatable bonds is 7. The fourth-order valence-electron chi connectivity index (χ4n) is 1.88. The molecule has 1 rings (SSSR count). The lowest BCUT2D eigenvalue weighted by Gasteiger charge is -2.26. The van der Waals surface area contributed by atoms with Gasteiger partial charge < -0.3 is 5.32 Å². The summed E-state index contributed by atoms with van der Waals surface area (Å²) in [5.41, 5.74) is 0.745. The standard InChI is InChI=1S/C14H23F3N4/c1-5-6-18-12-7-11(4)19-13(20-12)8-21(10(2)3)9-14(15,16)17/h7,10H,5-6,8-9H2,1-4H3,(H,18,19,20). The van der Waals surface area contributed by atoms with Crippen LogP contribution in [-0.2, 0) is 6.54 Å². The van der Waals surface area contributed by atoms with Gasteiger partial charge in [-0.25, -0.2) is 9.97 Å². The number of hydrogen-bond donors (Lipinski definition) is 1. The van der Waals surface area contributed by atoms with Crippen LogP contribution < -0.4 is 5.32 Å². The highest BCUT2D eigenvalue weighted by molar-refractivity contribution is 5.35. The predicted molar refractivity (Wildman–Crippen MR) is 77.2 cm³/mol. The molecule has 1 heterocycles. The van der Waals surface area contributed by atoms with Crippen molar-refractivity contribution in [1.29, 1.82) is 0 Å². The summed E-state index contributed by atoms with van der Waals surface area (Å²) >= 11 is 0. The molecule has 0 aliphatic rings. The van der Waals surface area contributed by atoms with Gasteiger partial charge in [0.2, 0.25) is 0 Å². The molecule has 1 aromatic rings. The molecule has 7 heteroatoms. The predicted octanol–water partition coefficient (Wildman–Crippen LogP) is 3.38. The molecule has 0 radical (unpaired) electrons. The Hall–Kier alpha value is -1.37. The minimum Gasteiger partial charge on any atom is -0.370 e. The molecule has 0 unspecified atom stereocenters. The van der Waals surface area contributed by atoms with Crippen molar-refractivity contribution < 1.29 is 13.2 Å². The number of nitrogens with one attached hydrogen (secondary N) is 1. The Labute approximate surface area is 123 Å². The Morgan fingerprint density at radius 1 is 1.29 bits per heavy atom. The van der Waals surface area contributed by atoms with E-state index in [1.807, 2.05) is 13.8 Å². The fraction of sp³-hybridized carbons (Fsp3) is 0.714. The van der Waals surface area contributed by atoms with E-state index in [-0.39, 0.29) is 12.6 Å². The van der Waals surface area contributed by atoms with Crippen molar-refractivity contribution in [2.75, 3.05) is 18.4 Å². The molecule has 1 N–H and O–H groups in total. The number of aromatic nitrogens is 2. The molecule has 0 atom stereocenters. The van der Waals surface area contributed by atoms with Gasteiger partial charge in [-0.3, -0.25) is 4.90 Å². The summed E-state index contributed by atoms with van der Waals surface area (Å²) in [6, 6.07) is 1.56. The zero-order valence-electron chi connectivity index (χ0n) is 13.0. The highest BCUT2D eigenvalue weighted by Gasteiger charge is 2.32. The van der Waals surface area contributed by atoms with Crippen LogP contribution in [0.5, 0.6) is 0 Å². The molecule has 0 aliphatic heterocycles. The summed E-state index contributed by atoms with van der Waals surface area (Å²) < 4.78 is 37.8. The first kappa shape index (κ1) is 17.7. The summed E-state index contributed by atoms with van der Waals surface area (Å²) in [5, 5.41) is 3.13. The van der Waals surface area contributed by atoms with Gasteiger partial charge in [0.05, 0.1) is 13.1 Å². The molecular weight excluding hydrogens is 281 g/mol. The monoisotopic (exact) mass is 304 g/mol. The van der Waals surface area contributed by atoms with Crippen molar-refractivity contribution >= 4 is 5.82 Å². The largest absolute Gasteiger partial charge is 0.401 e. The lowest BCUT2D eigenvalue weighted by Crippen LogP contribution is -2.39. The van der Waals surface area contributed by atoms with Gasteiger partial charge in [0, 0.05) is 24.3 Å². The minimum absolute atomic E-state index is 0.0830. The summed E-state index contributed by atoms with van der Waals surface area (Å²) in [7, 11) is 0. The van der Waals surface area contributed by atoms with Gasteiger partial charge in [-0.2, -0.15) is 13.2 Å². The number of halogens is 3. The van der Waals surface area contributed by atoms with Crippen molar-refractivity contribution in [3.8, 4) is 0 Å². The van der Waals surface area contributed by atoms with Crippen LogP contribution in [-0.4, -0.2) is 40.2 Å². The maximum Gasteiger partial charge on any atom is 0.401 e. The molecule has 21 heavy (non-hydrogen) atoms. The topological polar surface area (TPSA) is 41.1 Å². The van der Waals surface area contributed by atoms with Crippen LogP contribution in [0.2, 0.25) is 0 Å². The first-order valence-corrected chi connectivity index (χ1v) is 7.10. The number of hydrogen-bond acceptors (Lipinski definition) is 4. The molecule has 1 aromatic heterocycles. The maximum absolute atomic E-state index is 12.6. The maximum atomic E-state index is 12.6. The average molecular weight is 304 g/mol. The van der Waals surface area contributed by atoms with Crippen molar-refractivity contribution in [3.05, 3.63) is 17.6 Å². The Morgan fingerprint density at radius 2 is 1.95 bits per heavy atom. The molecule has 0 aromatic carbocycles. The van der Waals surface area contributed by atoms with Gasteiger partial charge in [-0.15, -0.1) is 0 Å². The third-order valence-electron chi connectivity index (χ3n) is 2.91. The van der Waals surface area contributed by atoms with E-state index in [2.05, 4.69) is 15.3 Å². The fourth-order valence-corrected chi connectivity index (χ4v) is 1.88. The molecule has 0 spiro atoms. The van der Waals surface area contributed by atoms with Gasteiger partial charge in [-0.05, 0) is 27.2 Å². The number of anilines is 1. The molecule has 0 saturated carbocycles. The Bertz CT molecular complexity index is 446. The summed E-state index contributed by atoms with van der Waals surface area (Å²) in [6.07, 6.45) is -3.28. The van der Waals surface area contributed by atoms with E-state index in [4.69, 9.17) is 0 Å². The van der Waals surface area contributed by atoms with Crippen LogP contribution >= 0.6 is 0 Å². The van der Waals surface area contributed by atoms with E-state index in [0.29, 0.717) is 11.6 Å². The molecule has 0 bridgehead atoms. The van der Waals surface area contributed by atoms with E-state index in [9.17, 15) is 13.2 Å². The van der Waals surface area contributed by atoms with Gasteiger partial charge in [0.25, 0.3) is 0 Å². The van der Waals surface area contributed by atoms with Crippen LogP contribution in [0.4, 0.5) is 19.0 Å². The van der Waals surface area contributed by atoms with Gasteiger partial charge in [0.1, 0.15) is 11.6 Å². The molecule has 4 nitrogen and oxygen atoms in total. The van der Waals surface area contributed by atoms with Gasteiger partial charge in [0.15, 0.2) is 0 Å². The molecular formula is C14H23F3N4. The lowest BCUT2D eigenvalue weighted by atomic mass is 10.3. The van der Waals surface area contributed by atoms with Crippen LogP contribution in [0.1, 0.15) is 38.7 Å². The average Bonchev–Trinajstić information content (AvgIpc) is 2.33. The number of nitrogens with zero attached hydrogens (tertiary/aromatic N) is 3. The van der Waals surface area contributed by atoms with E-state index in [1.165, 1.54) is 4.90 Å². The van der Waals surface area contributed by atoms with E-state index in [0.717, 1.165) is 18.7 Å². The molecule has 0 saturated heterocycles. The smallest absolute Gasteiger partial charge is 0.370 e. The van der Waals surface area contributed by atoms with Gasteiger partial charge in [-0.1, -0.05) is 6.92 Å². The molecule has 0 amide bonds. The molecule has 120 valence electrons. The third kappa shape index (κ3) is 6.75. The highest BCUT2D eigenvalue weighted by Crippen LogP contribution is 2.19. The highest BCUT2D eigenvalue weighted by atomic mass is 19.4. The SMILES string of the molecule is CCCNc1cc(C)nc(CN(CC(F)(F)F)C(C)C)n1. The summed E-state index contributed by atoms with van der Waals surface area (Å²) in [6.45, 7) is 7.21. The first-order valence-electron chi connectivity index (χ1n) is 7.10. The normalized spacial score (nSPS) is 12.2. The van der Waals surface area contributed by atoms with Crippen molar-refractivity contribution in [1.82, 2.24) is 14.9 Å². The number of alkyl halides is 3.